The van der Waals surface area contributed by atoms with Gasteiger partial charge in [-0.1, -0.05) is 12.1 Å². The summed E-state index contributed by atoms with van der Waals surface area (Å²) < 4.78 is 5.12. The van der Waals surface area contributed by atoms with Crippen LogP contribution in [0.4, 0.5) is 11.4 Å². The molecular formula is C20H22N2O3. The lowest BCUT2D eigenvalue weighted by molar-refractivity contribution is -0.119. The van der Waals surface area contributed by atoms with Gasteiger partial charge in [-0.3, -0.25) is 4.79 Å². The Kier molecular flexibility index (Phi) is 5.03. The molecule has 0 radical (unpaired) electrons. The summed E-state index contributed by atoms with van der Waals surface area (Å²) in [6.45, 7) is -0.303. The van der Waals surface area contributed by atoms with Crippen molar-refractivity contribution in [3.05, 3.63) is 59.2 Å². The molecular weight excluding hydrogens is 316 g/mol. The molecule has 0 spiro atoms. The molecule has 0 bridgehead atoms. The Balaban J connectivity index is 1.55. The van der Waals surface area contributed by atoms with Crippen LogP contribution in [0.2, 0.25) is 0 Å². The highest BCUT2D eigenvalue weighted by atomic mass is 16.5. The van der Waals surface area contributed by atoms with Gasteiger partial charge in [-0.15, -0.1) is 0 Å². The van der Waals surface area contributed by atoms with E-state index < -0.39 is 5.97 Å². The zero-order valence-corrected chi connectivity index (χ0v) is 14.5. The zero-order chi connectivity index (χ0) is 17.8. The third kappa shape index (κ3) is 4.18. The smallest absolute Gasteiger partial charge is 0.338 e. The first-order valence-corrected chi connectivity index (χ1v) is 8.39. The highest BCUT2D eigenvalue weighted by molar-refractivity contribution is 5.96. The highest BCUT2D eigenvalue weighted by Crippen LogP contribution is 2.24. The maximum atomic E-state index is 12.1. The average Bonchev–Trinajstić information content (AvgIpc) is 3.07. The summed E-state index contributed by atoms with van der Waals surface area (Å²) in [5.74, 6) is -0.845. The number of carbonyl (C=O) groups excluding carboxylic acids is 2. The summed E-state index contributed by atoms with van der Waals surface area (Å²) in [5, 5.41) is 2.78. The fourth-order valence-corrected chi connectivity index (χ4v) is 2.97. The van der Waals surface area contributed by atoms with E-state index in [0.717, 1.165) is 30.6 Å². The van der Waals surface area contributed by atoms with Crippen LogP contribution in [0.5, 0.6) is 0 Å². The van der Waals surface area contributed by atoms with Crippen LogP contribution >= 0.6 is 0 Å². The Hall–Kier alpha value is -2.82. The van der Waals surface area contributed by atoms with Crippen LogP contribution < -0.4 is 10.2 Å². The number of nitrogens with zero attached hydrogens (tertiary/aromatic N) is 1. The molecule has 1 N–H and O–H groups in total. The molecule has 1 amide bonds. The van der Waals surface area contributed by atoms with Crippen molar-refractivity contribution in [2.45, 2.75) is 19.3 Å². The van der Waals surface area contributed by atoms with Crippen LogP contribution in [0.15, 0.2) is 42.5 Å². The van der Waals surface area contributed by atoms with E-state index >= 15 is 0 Å². The summed E-state index contributed by atoms with van der Waals surface area (Å²) in [4.78, 5) is 26.0. The van der Waals surface area contributed by atoms with Crippen molar-refractivity contribution in [1.29, 1.82) is 0 Å². The molecule has 0 atom stereocenters. The quantitative estimate of drug-likeness (QED) is 0.852. The van der Waals surface area contributed by atoms with Gasteiger partial charge < -0.3 is 15.0 Å². The predicted molar refractivity (Wildman–Crippen MR) is 98.1 cm³/mol. The Morgan fingerprint density at radius 3 is 2.68 bits per heavy atom. The number of anilines is 2. The van der Waals surface area contributed by atoms with Gasteiger partial charge in [-0.2, -0.15) is 0 Å². The molecule has 3 rings (SSSR count). The maximum absolute atomic E-state index is 12.1. The first-order chi connectivity index (χ1) is 12.0. The Morgan fingerprint density at radius 1 is 1.08 bits per heavy atom. The van der Waals surface area contributed by atoms with Crippen molar-refractivity contribution in [2.75, 3.05) is 30.9 Å². The monoisotopic (exact) mass is 338 g/mol. The molecule has 1 aliphatic carbocycles. The SMILES string of the molecule is CN(C)c1cccc(C(=O)OCC(=O)Nc2ccc3c(c2)CCC3)c1. The van der Waals surface area contributed by atoms with Crippen molar-refractivity contribution in [2.24, 2.45) is 0 Å². The van der Waals surface area contributed by atoms with Gasteiger partial charge in [0.15, 0.2) is 6.61 Å². The van der Waals surface area contributed by atoms with E-state index in [1.54, 1.807) is 18.2 Å². The first kappa shape index (κ1) is 17.0. The van der Waals surface area contributed by atoms with Crippen LogP contribution in [0.25, 0.3) is 0 Å². The number of hydrogen-bond donors (Lipinski definition) is 1. The predicted octanol–water partition coefficient (Wildman–Crippen LogP) is 3.04. The zero-order valence-electron chi connectivity index (χ0n) is 14.5. The van der Waals surface area contributed by atoms with Gasteiger partial charge in [0.05, 0.1) is 5.56 Å². The van der Waals surface area contributed by atoms with Crippen molar-refractivity contribution in [3.8, 4) is 0 Å². The minimum Gasteiger partial charge on any atom is -0.452 e. The summed E-state index contributed by atoms with van der Waals surface area (Å²) in [5.41, 5.74) is 4.71. The van der Waals surface area contributed by atoms with E-state index in [2.05, 4.69) is 11.4 Å². The largest absolute Gasteiger partial charge is 0.452 e. The molecule has 1 aliphatic rings. The van der Waals surface area contributed by atoms with Gasteiger partial charge >= 0.3 is 5.97 Å². The summed E-state index contributed by atoms with van der Waals surface area (Å²) >= 11 is 0. The van der Waals surface area contributed by atoms with Crippen LogP contribution in [0.3, 0.4) is 0 Å². The highest BCUT2D eigenvalue weighted by Gasteiger charge is 2.14. The summed E-state index contributed by atoms with van der Waals surface area (Å²) in [7, 11) is 3.79. The number of ether oxygens (including phenoxy) is 1. The number of benzene rings is 2. The molecule has 2 aromatic carbocycles. The molecule has 25 heavy (non-hydrogen) atoms. The van der Waals surface area contributed by atoms with Gasteiger partial charge in [-0.05, 0) is 60.7 Å². The first-order valence-electron chi connectivity index (χ1n) is 8.39. The molecule has 0 unspecified atom stereocenters. The van der Waals surface area contributed by atoms with Gasteiger partial charge in [-0.25, -0.2) is 4.79 Å². The molecule has 0 heterocycles. The number of fused-ring (bicyclic) bond motifs is 1. The van der Waals surface area contributed by atoms with E-state index in [4.69, 9.17) is 4.74 Å². The van der Waals surface area contributed by atoms with Crippen LogP contribution in [0.1, 0.15) is 27.9 Å². The number of nitrogens with one attached hydrogen (secondary N) is 1. The van der Waals surface area contributed by atoms with Crippen molar-refractivity contribution < 1.29 is 14.3 Å². The third-order valence-electron chi connectivity index (χ3n) is 4.31. The van der Waals surface area contributed by atoms with Crippen molar-refractivity contribution >= 4 is 23.3 Å². The van der Waals surface area contributed by atoms with Crippen LogP contribution in [0, 0.1) is 0 Å². The molecule has 5 heteroatoms. The summed E-state index contributed by atoms with van der Waals surface area (Å²) in [6.07, 6.45) is 3.32. The molecule has 0 aliphatic heterocycles. The second-order valence-electron chi connectivity index (χ2n) is 6.41. The second-order valence-corrected chi connectivity index (χ2v) is 6.41. The topological polar surface area (TPSA) is 58.6 Å². The molecule has 0 aromatic heterocycles. The fraction of sp³-hybridized carbons (Fsp3) is 0.300. The van der Waals surface area contributed by atoms with Crippen molar-refractivity contribution in [1.82, 2.24) is 0 Å². The maximum Gasteiger partial charge on any atom is 0.338 e. The Bertz CT molecular complexity index is 799. The number of esters is 1. The minimum absolute atomic E-state index is 0.303. The molecule has 130 valence electrons. The van der Waals surface area contributed by atoms with Crippen LogP contribution in [-0.2, 0) is 22.4 Å². The van der Waals surface area contributed by atoms with Gasteiger partial charge in [0.1, 0.15) is 0 Å². The number of carbonyl (C=O) groups is 2. The number of amides is 1. The van der Waals surface area contributed by atoms with Gasteiger partial charge in [0.25, 0.3) is 5.91 Å². The molecule has 5 nitrogen and oxygen atoms in total. The average molecular weight is 338 g/mol. The second kappa shape index (κ2) is 7.38. The third-order valence-corrected chi connectivity index (χ3v) is 4.31. The number of aryl methyl sites for hydroxylation is 2. The lowest BCUT2D eigenvalue weighted by atomic mass is 10.1. The molecule has 2 aromatic rings. The summed E-state index contributed by atoms with van der Waals surface area (Å²) in [6, 6.07) is 13.0. The lowest BCUT2D eigenvalue weighted by Gasteiger charge is -2.13. The van der Waals surface area contributed by atoms with E-state index in [-0.39, 0.29) is 12.5 Å². The van der Waals surface area contributed by atoms with E-state index in [1.807, 2.05) is 37.2 Å². The minimum atomic E-state index is -0.507. The Morgan fingerprint density at radius 2 is 1.88 bits per heavy atom. The van der Waals surface area contributed by atoms with Gasteiger partial charge in [0.2, 0.25) is 0 Å². The standard InChI is InChI=1S/C20H22N2O3/c1-22(2)18-8-4-7-16(12-18)20(24)25-13-19(23)21-17-10-9-14-5-3-6-15(14)11-17/h4,7-12H,3,5-6,13H2,1-2H3,(H,21,23). The van der Waals surface area contributed by atoms with Crippen LogP contribution in [-0.4, -0.2) is 32.6 Å². The molecule has 0 fully saturated rings. The Labute approximate surface area is 147 Å². The van der Waals surface area contributed by atoms with E-state index in [9.17, 15) is 9.59 Å². The van der Waals surface area contributed by atoms with Crippen molar-refractivity contribution in [3.63, 3.8) is 0 Å². The van der Waals surface area contributed by atoms with E-state index in [1.165, 1.54) is 11.1 Å². The fourth-order valence-electron chi connectivity index (χ4n) is 2.97. The van der Waals surface area contributed by atoms with E-state index in [0.29, 0.717) is 5.56 Å². The molecule has 0 saturated heterocycles. The number of rotatable bonds is 5. The number of hydrogen-bond acceptors (Lipinski definition) is 4. The normalized spacial score (nSPS) is 12.4. The van der Waals surface area contributed by atoms with Gasteiger partial charge in [0, 0.05) is 25.5 Å². The lowest BCUT2D eigenvalue weighted by Crippen LogP contribution is -2.21. The molecule has 0 saturated carbocycles.